The fourth-order valence-corrected chi connectivity index (χ4v) is 3.96. The van der Waals surface area contributed by atoms with Gasteiger partial charge in [-0.3, -0.25) is 4.79 Å². The third-order valence-corrected chi connectivity index (χ3v) is 5.72. The van der Waals surface area contributed by atoms with Crippen LogP contribution in [0.2, 0.25) is 5.02 Å². The van der Waals surface area contributed by atoms with Crippen molar-refractivity contribution in [3.05, 3.63) is 40.9 Å². The number of rotatable bonds is 5. The van der Waals surface area contributed by atoms with Gasteiger partial charge in [0.2, 0.25) is 5.82 Å². The van der Waals surface area contributed by atoms with Gasteiger partial charge in [-0.1, -0.05) is 30.7 Å². The second-order valence-electron chi connectivity index (χ2n) is 9.16. The molecule has 0 unspecified atom stereocenters. The first kappa shape index (κ1) is 24.0. The van der Waals surface area contributed by atoms with Crippen molar-refractivity contribution in [1.29, 1.82) is 0 Å². The number of nitrogens with zero attached hydrogens (tertiary/aromatic N) is 5. The summed E-state index contributed by atoms with van der Waals surface area (Å²) in [5, 5.41) is 5.03. The van der Waals surface area contributed by atoms with Gasteiger partial charge in [0.05, 0.1) is 10.7 Å². The summed E-state index contributed by atoms with van der Waals surface area (Å²) < 4.78 is 7.07. The summed E-state index contributed by atoms with van der Waals surface area (Å²) >= 11 is 6.32. The first-order valence-corrected chi connectivity index (χ1v) is 11.4. The lowest BCUT2D eigenvalue weighted by Crippen LogP contribution is -2.43. The minimum Gasteiger partial charge on any atom is -0.444 e. The highest BCUT2D eigenvalue weighted by molar-refractivity contribution is 6.32. The van der Waals surface area contributed by atoms with Gasteiger partial charge in [0, 0.05) is 33.1 Å². The van der Waals surface area contributed by atoms with Gasteiger partial charge >= 0.3 is 6.09 Å². The van der Waals surface area contributed by atoms with Crippen molar-refractivity contribution in [2.24, 2.45) is 5.92 Å². The van der Waals surface area contributed by atoms with E-state index in [1.54, 1.807) is 27.6 Å². The van der Waals surface area contributed by atoms with Gasteiger partial charge in [-0.15, -0.1) is 5.10 Å². The monoisotopic (exact) mass is 461 g/mol. The number of likely N-dealkylation sites (tertiary alicyclic amines) is 1. The van der Waals surface area contributed by atoms with Gasteiger partial charge in [0.25, 0.3) is 5.91 Å². The molecule has 1 aliphatic heterocycles. The number of benzene rings is 1. The van der Waals surface area contributed by atoms with Gasteiger partial charge < -0.3 is 14.5 Å². The van der Waals surface area contributed by atoms with Crippen molar-refractivity contribution >= 4 is 23.6 Å². The highest BCUT2D eigenvalue weighted by atomic mass is 35.5. The number of halogens is 1. The molecular weight excluding hydrogens is 430 g/mol. The Kier molecular flexibility index (Phi) is 7.44. The Morgan fingerprint density at radius 3 is 2.47 bits per heavy atom. The number of carbonyl (C=O) groups is 2. The van der Waals surface area contributed by atoms with Crippen molar-refractivity contribution in [2.75, 3.05) is 26.7 Å². The number of ether oxygens (including phenoxy) is 1. The molecule has 0 saturated carbocycles. The van der Waals surface area contributed by atoms with Gasteiger partial charge in [-0.05, 0) is 51.7 Å². The second-order valence-corrected chi connectivity index (χ2v) is 9.57. The molecule has 2 amide bonds. The largest absolute Gasteiger partial charge is 0.444 e. The van der Waals surface area contributed by atoms with E-state index in [-0.39, 0.29) is 17.8 Å². The number of piperidine rings is 1. The van der Waals surface area contributed by atoms with Crippen LogP contribution in [-0.2, 0) is 11.2 Å². The number of para-hydroxylation sites is 1. The number of aromatic nitrogens is 3. The number of carbonyl (C=O) groups excluding carboxylic acids is 2. The minimum absolute atomic E-state index is 0.176. The van der Waals surface area contributed by atoms with Crippen LogP contribution in [-0.4, -0.2) is 68.8 Å². The fourth-order valence-electron chi connectivity index (χ4n) is 3.74. The summed E-state index contributed by atoms with van der Waals surface area (Å²) in [4.78, 5) is 33.2. The quantitative estimate of drug-likeness (QED) is 0.666. The molecule has 1 aromatic carbocycles. The maximum atomic E-state index is 13.1. The first-order valence-electron chi connectivity index (χ1n) is 11.0. The SMILES string of the molecule is CCc1nc(C(=O)N2CCC(CN(C)C(=O)OC(C)(C)C)CC2)nn1-c1ccccc1Cl. The van der Waals surface area contributed by atoms with E-state index in [9.17, 15) is 9.59 Å². The van der Waals surface area contributed by atoms with Crippen LogP contribution in [0.5, 0.6) is 0 Å². The standard InChI is InChI=1S/C23H32ClN5O3/c1-6-19-25-20(26-29(19)18-10-8-7-9-17(18)24)21(30)28-13-11-16(12-14-28)15-27(5)22(31)32-23(2,3)4/h7-10,16H,6,11-15H2,1-5H3. The first-order chi connectivity index (χ1) is 15.1. The molecule has 0 bridgehead atoms. The molecule has 1 saturated heterocycles. The van der Waals surface area contributed by atoms with Gasteiger partial charge in [0.15, 0.2) is 0 Å². The Morgan fingerprint density at radius 2 is 1.88 bits per heavy atom. The van der Waals surface area contributed by atoms with Gasteiger partial charge in [-0.2, -0.15) is 0 Å². The van der Waals surface area contributed by atoms with Crippen molar-refractivity contribution < 1.29 is 14.3 Å². The van der Waals surface area contributed by atoms with Gasteiger partial charge in [0.1, 0.15) is 11.4 Å². The van der Waals surface area contributed by atoms with Crippen molar-refractivity contribution in [3.8, 4) is 5.69 Å². The topological polar surface area (TPSA) is 80.6 Å². The van der Waals surface area contributed by atoms with E-state index in [2.05, 4.69) is 10.1 Å². The average molecular weight is 462 g/mol. The molecule has 1 aromatic heterocycles. The van der Waals surface area contributed by atoms with Crippen LogP contribution in [0.25, 0.3) is 5.69 Å². The lowest BCUT2D eigenvalue weighted by Gasteiger charge is -2.33. The summed E-state index contributed by atoms with van der Waals surface area (Å²) in [6.07, 6.45) is 1.93. The van der Waals surface area contributed by atoms with Crippen LogP contribution in [0.4, 0.5) is 4.79 Å². The van der Waals surface area contributed by atoms with E-state index in [4.69, 9.17) is 16.3 Å². The van der Waals surface area contributed by atoms with E-state index in [0.717, 1.165) is 12.8 Å². The molecule has 0 N–H and O–H groups in total. The van der Waals surface area contributed by atoms with E-state index in [1.165, 1.54) is 0 Å². The third kappa shape index (κ3) is 5.79. The van der Waals surface area contributed by atoms with Crippen LogP contribution < -0.4 is 0 Å². The smallest absolute Gasteiger partial charge is 0.410 e. The van der Waals surface area contributed by atoms with E-state index < -0.39 is 5.60 Å². The summed E-state index contributed by atoms with van der Waals surface area (Å²) in [7, 11) is 1.75. The van der Waals surface area contributed by atoms with E-state index in [1.807, 2.05) is 45.9 Å². The predicted octanol–water partition coefficient (Wildman–Crippen LogP) is 4.20. The zero-order valence-electron chi connectivity index (χ0n) is 19.5. The van der Waals surface area contributed by atoms with Crippen LogP contribution in [0, 0.1) is 5.92 Å². The summed E-state index contributed by atoms with van der Waals surface area (Å²) in [6, 6.07) is 7.38. The Hall–Kier alpha value is -2.61. The second kappa shape index (κ2) is 9.90. The number of aryl methyl sites for hydroxylation is 1. The Labute approximate surface area is 194 Å². The van der Waals surface area contributed by atoms with Crippen molar-refractivity contribution in [2.45, 2.75) is 52.6 Å². The molecule has 0 aliphatic carbocycles. The highest BCUT2D eigenvalue weighted by Gasteiger charge is 2.29. The predicted molar refractivity (Wildman–Crippen MR) is 123 cm³/mol. The van der Waals surface area contributed by atoms with Crippen molar-refractivity contribution in [3.63, 3.8) is 0 Å². The zero-order valence-corrected chi connectivity index (χ0v) is 20.2. The molecule has 0 spiro atoms. The molecule has 2 heterocycles. The maximum Gasteiger partial charge on any atom is 0.410 e. The Balaban J connectivity index is 1.61. The molecule has 1 aliphatic rings. The average Bonchev–Trinajstić information content (AvgIpc) is 3.17. The molecule has 174 valence electrons. The van der Waals surface area contributed by atoms with Crippen LogP contribution >= 0.6 is 11.6 Å². The summed E-state index contributed by atoms with van der Waals surface area (Å²) in [5.41, 5.74) is 0.195. The molecular formula is C23H32ClN5O3. The lowest BCUT2D eigenvalue weighted by atomic mass is 9.96. The van der Waals surface area contributed by atoms with Crippen LogP contribution in [0.15, 0.2) is 24.3 Å². The molecule has 0 radical (unpaired) electrons. The minimum atomic E-state index is -0.515. The maximum absolute atomic E-state index is 13.1. The highest BCUT2D eigenvalue weighted by Crippen LogP contribution is 2.23. The van der Waals surface area contributed by atoms with Crippen LogP contribution in [0.3, 0.4) is 0 Å². The fraction of sp³-hybridized carbons (Fsp3) is 0.565. The molecule has 3 rings (SSSR count). The van der Waals surface area contributed by atoms with Crippen LogP contribution in [0.1, 0.15) is 57.0 Å². The molecule has 32 heavy (non-hydrogen) atoms. The molecule has 9 heteroatoms. The Morgan fingerprint density at radius 1 is 1.22 bits per heavy atom. The lowest BCUT2D eigenvalue weighted by molar-refractivity contribution is 0.0245. The van der Waals surface area contributed by atoms with E-state index >= 15 is 0 Å². The Bertz CT molecular complexity index is 961. The normalized spacial score (nSPS) is 15.0. The number of amides is 2. The summed E-state index contributed by atoms with van der Waals surface area (Å²) in [5.74, 6) is 1.02. The number of hydrogen-bond donors (Lipinski definition) is 0. The van der Waals surface area contributed by atoms with Crippen molar-refractivity contribution in [1.82, 2.24) is 24.6 Å². The third-order valence-electron chi connectivity index (χ3n) is 5.40. The van der Waals surface area contributed by atoms with E-state index in [0.29, 0.717) is 48.5 Å². The molecule has 2 aromatic rings. The molecule has 1 fully saturated rings. The number of hydrogen-bond acceptors (Lipinski definition) is 5. The summed E-state index contributed by atoms with van der Waals surface area (Å²) in [6.45, 7) is 9.35. The molecule has 8 nitrogen and oxygen atoms in total. The van der Waals surface area contributed by atoms with Gasteiger partial charge in [-0.25, -0.2) is 14.5 Å². The molecule has 0 atom stereocenters. The zero-order chi connectivity index (χ0) is 23.5.